The van der Waals surface area contributed by atoms with Crippen molar-refractivity contribution in [2.45, 2.75) is 54.9 Å². The molecule has 128 valence electrons. The van der Waals surface area contributed by atoms with Gasteiger partial charge in [0.2, 0.25) is 0 Å². The second-order valence-electron chi connectivity index (χ2n) is 5.47. The molecule has 0 fully saturated rings. The van der Waals surface area contributed by atoms with Gasteiger partial charge in [0.1, 0.15) is 0 Å². The van der Waals surface area contributed by atoms with Gasteiger partial charge in [-0.2, -0.15) is 0 Å². The SMILES string of the molecule is CC.CC.CCC1=C(C)C(=Cc2ccc(C)cc2)c2ccccc21. The van der Waals surface area contributed by atoms with Crippen LogP contribution >= 0.6 is 0 Å². The van der Waals surface area contributed by atoms with Gasteiger partial charge in [0.25, 0.3) is 0 Å². The van der Waals surface area contributed by atoms with Crippen molar-refractivity contribution in [3.63, 3.8) is 0 Å². The summed E-state index contributed by atoms with van der Waals surface area (Å²) in [6.45, 7) is 14.6. The lowest BCUT2D eigenvalue weighted by Gasteiger charge is -2.04. The summed E-state index contributed by atoms with van der Waals surface area (Å²) in [6, 6.07) is 17.5. The molecular formula is C24H32. The van der Waals surface area contributed by atoms with Crippen molar-refractivity contribution in [2.75, 3.05) is 0 Å². The van der Waals surface area contributed by atoms with E-state index in [1.54, 1.807) is 0 Å². The van der Waals surface area contributed by atoms with Crippen LogP contribution in [0.25, 0.3) is 17.2 Å². The topological polar surface area (TPSA) is 0 Å². The van der Waals surface area contributed by atoms with Gasteiger partial charge in [0.05, 0.1) is 0 Å². The van der Waals surface area contributed by atoms with Crippen LogP contribution in [0.3, 0.4) is 0 Å². The van der Waals surface area contributed by atoms with Crippen LogP contribution in [-0.2, 0) is 0 Å². The molecule has 0 amide bonds. The first-order valence-electron chi connectivity index (χ1n) is 9.29. The maximum atomic E-state index is 2.32. The number of hydrogen-bond acceptors (Lipinski definition) is 0. The lowest BCUT2D eigenvalue weighted by molar-refractivity contribution is 1.23. The van der Waals surface area contributed by atoms with Crippen molar-refractivity contribution in [3.05, 3.63) is 76.4 Å². The second-order valence-corrected chi connectivity index (χ2v) is 5.47. The van der Waals surface area contributed by atoms with Gasteiger partial charge < -0.3 is 0 Å². The van der Waals surface area contributed by atoms with Crippen molar-refractivity contribution in [2.24, 2.45) is 0 Å². The van der Waals surface area contributed by atoms with Gasteiger partial charge >= 0.3 is 0 Å². The van der Waals surface area contributed by atoms with E-state index in [0.717, 1.165) is 6.42 Å². The molecule has 3 rings (SSSR count). The van der Waals surface area contributed by atoms with Crippen LogP contribution in [-0.4, -0.2) is 0 Å². The molecule has 0 heteroatoms. The smallest absolute Gasteiger partial charge is 0.0106 e. The Labute approximate surface area is 148 Å². The summed E-state index contributed by atoms with van der Waals surface area (Å²) in [4.78, 5) is 0. The maximum absolute atomic E-state index is 2.32. The fourth-order valence-electron chi connectivity index (χ4n) is 3.02. The summed E-state index contributed by atoms with van der Waals surface area (Å²) in [5.74, 6) is 0. The van der Waals surface area contributed by atoms with Gasteiger partial charge in [0, 0.05) is 0 Å². The summed E-state index contributed by atoms with van der Waals surface area (Å²) in [6.07, 6.45) is 3.41. The Bertz CT molecular complexity index is 697. The predicted molar refractivity (Wildman–Crippen MR) is 111 cm³/mol. The molecule has 0 bridgehead atoms. The first-order valence-corrected chi connectivity index (χ1v) is 9.29. The summed E-state index contributed by atoms with van der Waals surface area (Å²) in [7, 11) is 0. The number of rotatable bonds is 2. The normalized spacial score (nSPS) is 13.7. The second kappa shape index (κ2) is 9.93. The molecule has 0 heterocycles. The maximum Gasteiger partial charge on any atom is -0.0106 e. The van der Waals surface area contributed by atoms with E-state index in [2.05, 4.69) is 75.4 Å². The average Bonchev–Trinajstić information content (AvgIpc) is 2.92. The van der Waals surface area contributed by atoms with Crippen LogP contribution in [0, 0.1) is 6.92 Å². The first kappa shape index (κ1) is 20.0. The lowest BCUT2D eigenvalue weighted by Crippen LogP contribution is -1.83. The monoisotopic (exact) mass is 320 g/mol. The third-order valence-electron chi connectivity index (χ3n) is 4.14. The van der Waals surface area contributed by atoms with Gasteiger partial charge in [-0.25, -0.2) is 0 Å². The molecule has 0 saturated heterocycles. The van der Waals surface area contributed by atoms with Crippen LogP contribution in [0.15, 0.2) is 54.1 Å². The van der Waals surface area contributed by atoms with E-state index < -0.39 is 0 Å². The molecule has 0 N–H and O–H groups in total. The summed E-state index contributed by atoms with van der Waals surface area (Å²) in [5, 5.41) is 0. The Morgan fingerprint density at radius 2 is 1.29 bits per heavy atom. The van der Waals surface area contributed by atoms with Crippen LogP contribution in [0.5, 0.6) is 0 Å². The van der Waals surface area contributed by atoms with Crippen molar-refractivity contribution >= 4 is 17.2 Å². The highest BCUT2D eigenvalue weighted by Gasteiger charge is 2.21. The van der Waals surface area contributed by atoms with Crippen molar-refractivity contribution in [3.8, 4) is 0 Å². The third-order valence-corrected chi connectivity index (χ3v) is 4.14. The highest BCUT2D eigenvalue weighted by Crippen LogP contribution is 2.43. The molecule has 0 aliphatic heterocycles. The van der Waals surface area contributed by atoms with E-state index in [0.29, 0.717) is 0 Å². The van der Waals surface area contributed by atoms with Crippen LogP contribution in [0.2, 0.25) is 0 Å². The molecule has 0 aromatic heterocycles. The zero-order chi connectivity index (χ0) is 18.1. The molecular weight excluding hydrogens is 288 g/mol. The van der Waals surface area contributed by atoms with Crippen LogP contribution < -0.4 is 0 Å². The van der Waals surface area contributed by atoms with Crippen LogP contribution in [0.4, 0.5) is 0 Å². The predicted octanol–water partition coefficient (Wildman–Crippen LogP) is 7.79. The van der Waals surface area contributed by atoms with Gasteiger partial charge in [0.15, 0.2) is 0 Å². The Hall–Kier alpha value is -2.08. The van der Waals surface area contributed by atoms with E-state index in [4.69, 9.17) is 0 Å². The largest absolute Gasteiger partial charge is 0.0683 e. The number of aryl methyl sites for hydroxylation is 1. The van der Waals surface area contributed by atoms with E-state index in [1.165, 1.54) is 39.0 Å². The Morgan fingerprint density at radius 1 is 0.750 bits per heavy atom. The van der Waals surface area contributed by atoms with Gasteiger partial charge in [-0.05, 0) is 59.8 Å². The molecule has 0 unspecified atom stereocenters. The molecule has 2 aromatic rings. The van der Waals surface area contributed by atoms with Crippen molar-refractivity contribution in [1.29, 1.82) is 0 Å². The molecule has 1 aliphatic rings. The van der Waals surface area contributed by atoms with Crippen LogP contribution in [0.1, 0.15) is 70.2 Å². The van der Waals surface area contributed by atoms with E-state index >= 15 is 0 Å². The summed E-state index contributed by atoms with van der Waals surface area (Å²) >= 11 is 0. The summed E-state index contributed by atoms with van der Waals surface area (Å²) < 4.78 is 0. The first-order chi connectivity index (χ1) is 11.7. The minimum absolute atomic E-state index is 1.09. The number of benzene rings is 2. The fourth-order valence-corrected chi connectivity index (χ4v) is 3.02. The standard InChI is InChI=1S/C20H20.2C2H6/c1-4-17-15(3)20(19-8-6-5-7-18(17)19)13-16-11-9-14(2)10-12-16;2*1-2/h5-13H,4H2,1-3H3;2*1-2H3. The van der Waals surface area contributed by atoms with Gasteiger partial charge in [-0.1, -0.05) is 88.7 Å². The Balaban J connectivity index is 0.000000671. The molecule has 0 radical (unpaired) electrons. The summed E-state index contributed by atoms with van der Waals surface area (Å²) in [5.41, 5.74) is 9.65. The molecule has 0 atom stereocenters. The van der Waals surface area contributed by atoms with Gasteiger partial charge in [-0.15, -0.1) is 0 Å². The van der Waals surface area contributed by atoms with E-state index in [-0.39, 0.29) is 0 Å². The highest BCUT2D eigenvalue weighted by atomic mass is 14.2. The third kappa shape index (κ3) is 4.26. The lowest BCUT2D eigenvalue weighted by atomic mass is 10.0. The molecule has 0 nitrogen and oxygen atoms in total. The highest BCUT2D eigenvalue weighted by molar-refractivity contribution is 6.05. The van der Waals surface area contributed by atoms with E-state index in [9.17, 15) is 0 Å². The quantitative estimate of drug-likeness (QED) is 0.530. The zero-order valence-corrected chi connectivity index (χ0v) is 16.4. The van der Waals surface area contributed by atoms with Gasteiger partial charge in [-0.3, -0.25) is 0 Å². The molecule has 24 heavy (non-hydrogen) atoms. The minimum atomic E-state index is 1.09. The minimum Gasteiger partial charge on any atom is -0.0683 e. The van der Waals surface area contributed by atoms with Crippen molar-refractivity contribution in [1.82, 2.24) is 0 Å². The number of fused-ring (bicyclic) bond motifs is 1. The zero-order valence-electron chi connectivity index (χ0n) is 16.4. The molecule has 1 aliphatic carbocycles. The number of allylic oxidation sites excluding steroid dienone is 3. The molecule has 0 spiro atoms. The van der Waals surface area contributed by atoms with Crippen molar-refractivity contribution < 1.29 is 0 Å². The Kier molecular flexibility index (Phi) is 8.26. The average molecular weight is 321 g/mol. The Morgan fingerprint density at radius 3 is 1.83 bits per heavy atom. The molecule has 2 aromatic carbocycles. The fraction of sp³-hybridized carbons (Fsp3) is 0.333. The van der Waals surface area contributed by atoms with E-state index in [1.807, 2.05) is 27.7 Å². The number of hydrogen-bond donors (Lipinski definition) is 0. The molecule has 0 saturated carbocycles.